The molecule has 0 heterocycles. The zero-order valence-corrected chi connectivity index (χ0v) is 12.3. The molecular weight excluding hydrogens is 254 g/mol. The molecule has 0 amide bonds. The van der Waals surface area contributed by atoms with E-state index in [2.05, 4.69) is 18.0 Å². The number of aliphatic hydroxyl groups excluding tert-OH is 1. The highest BCUT2D eigenvalue weighted by atomic mass is 16.5. The molecule has 4 heteroatoms. The molecule has 0 fully saturated rings. The molecule has 0 saturated carbocycles. The van der Waals surface area contributed by atoms with Crippen molar-refractivity contribution >= 4 is 0 Å². The molecule has 4 nitrogen and oxygen atoms in total. The summed E-state index contributed by atoms with van der Waals surface area (Å²) in [5.74, 6) is 1.60. The Kier molecular flexibility index (Phi) is 8.51. The number of quaternary nitrogens is 1. The Labute approximate surface area is 121 Å². The van der Waals surface area contributed by atoms with E-state index in [1.54, 1.807) is 6.08 Å². The summed E-state index contributed by atoms with van der Waals surface area (Å²) < 4.78 is 11.4. The first-order valence-electron chi connectivity index (χ1n) is 7.24. The summed E-state index contributed by atoms with van der Waals surface area (Å²) in [6, 6.07) is 5.98. The first-order chi connectivity index (χ1) is 9.83. The number of benzene rings is 1. The predicted molar refractivity (Wildman–Crippen MR) is 80.1 cm³/mol. The van der Waals surface area contributed by atoms with Crippen LogP contribution in [0.4, 0.5) is 0 Å². The molecule has 1 rings (SSSR count). The Balaban J connectivity index is 2.66. The van der Waals surface area contributed by atoms with Gasteiger partial charge in [0.05, 0.1) is 18.7 Å². The lowest BCUT2D eigenvalue weighted by Gasteiger charge is -2.14. The Morgan fingerprint density at radius 3 is 2.85 bits per heavy atom. The highest BCUT2D eigenvalue weighted by molar-refractivity contribution is 5.46. The number of hydrogen-bond donors (Lipinski definition) is 2. The quantitative estimate of drug-likeness (QED) is 0.477. The second kappa shape index (κ2) is 10.3. The highest BCUT2D eigenvalue weighted by Gasteiger charge is 2.11. The molecule has 0 aromatic heterocycles. The Hall–Kier alpha value is -1.52. The van der Waals surface area contributed by atoms with Crippen LogP contribution in [0.1, 0.15) is 25.3 Å². The van der Waals surface area contributed by atoms with Crippen molar-refractivity contribution in [3.8, 4) is 11.5 Å². The van der Waals surface area contributed by atoms with Gasteiger partial charge < -0.3 is 19.9 Å². The van der Waals surface area contributed by atoms with Gasteiger partial charge in [-0.2, -0.15) is 0 Å². The standard InChI is InChI=1S/C16H25NO3/c1-3-12-20-16-14(13-17-10-5-6-11-18)8-7-9-15(16)19-4-2/h3,7-9,17-18H,1,4-6,10-13H2,2H3/p+1. The van der Waals surface area contributed by atoms with Crippen molar-refractivity contribution in [1.82, 2.24) is 0 Å². The third-order valence-electron chi connectivity index (χ3n) is 2.89. The minimum atomic E-state index is 0.265. The molecule has 0 aliphatic rings. The van der Waals surface area contributed by atoms with Crippen LogP contribution in [0, 0.1) is 0 Å². The van der Waals surface area contributed by atoms with Gasteiger partial charge in [-0.3, -0.25) is 0 Å². The Bertz CT molecular complexity index is 393. The lowest BCUT2D eigenvalue weighted by atomic mass is 10.1. The zero-order valence-electron chi connectivity index (χ0n) is 12.3. The fourth-order valence-corrected chi connectivity index (χ4v) is 1.96. The monoisotopic (exact) mass is 280 g/mol. The highest BCUT2D eigenvalue weighted by Crippen LogP contribution is 2.30. The van der Waals surface area contributed by atoms with Gasteiger partial charge in [-0.1, -0.05) is 18.7 Å². The Morgan fingerprint density at radius 2 is 2.15 bits per heavy atom. The molecule has 0 unspecified atom stereocenters. The second-order valence-electron chi connectivity index (χ2n) is 4.49. The van der Waals surface area contributed by atoms with E-state index in [4.69, 9.17) is 14.6 Å². The third kappa shape index (κ3) is 5.63. The van der Waals surface area contributed by atoms with Crippen molar-refractivity contribution in [3.05, 3.63) is 36.4 Å². The summed E-state index contributed by atoms with van der Waals surface area (Å²) in [6.45, 7) is 8.85. The number of unbranched alkanes of at least 4 members (excludes halogenated alkanes) is 1. The first-order valence-corrected chi connectivity index (χ1v) is 7.24. The van der Waals surface area contributed by atoms with Crippen LogP contribution < -0.4 is 14.8 Å². The molecular formula is C16H26NO3+. The van der Waals surface area contributed by atoms with Crippen LogP contribution in [0.5, 0.6) is 11.5 Å². The van der Waals surface area contributed by atoms with E-state index in [1.807, 2.05) is 19.1 Å². The van der Waals surface area contributed by atoms with Gasteiger partial charge in [-0.15, -0.1) is 0 Å². The molecule has 0 bridgehead atoms. The van der Waals surface area contributed by atoms with Gasteiger partial charge in [-0.05, 0) is 31.9 Å². The molecule has 112 valence electrons. The largest absolute Gasteiger partial charge is 0.490 e. The molecule has 0 radical (unpaired) electrons. The van der Waals surface area contributed by atoms with Gasteiger partial charge in [-0.25, -0.2) is 0 Å². The number of aliphatic hydroxyl groups is 1. The van der Waals surface area contributed by atoms with Crippen LogP contribution in [-0.4, -0.2) is 31.5 Å². The van der Waals surface area contributed by atoms with Crippen LogP contribution in [-0.2, 0) is 6.54 Å². The summed E-state index contributed by atoms with van der Waals surface area (Å²) >= 11 is 0. The molecule has 0 atom stereocenters. The van der Waals surface area contributed by atoms with Crippen LogP contribution in [0.15, 0.2) is 30.9 Å². The fourth-order valence-electron chi connectivity index (χ4n) is 1.96. The van der Waals surface area contributed by atoms with Gasteiger partial charge in [0.1, 0.15) is 13.2 Å². The maximum atomic E-state index is 8.76. The number of rotatable bonds is 11. The molecule has 3 N–H and O–H groups in total. The van der Waals surface area contributed by atoms with Gasteiger partial charge in [0, 0.05) is 6.61 Å². The van der Waals surface area contributed by atoms with Crippen LogP contribution in [0.25, 0.3) is 0 Å². The summed E-state index contributed by atoms with van der Waals surface area (Å²) in [7, 11) is 0. The van der Waals surface area contributed by atoms with Crippen LogP contribution in [0.2, 0.25) is 0 Å². The average molecular weight is 280 g/mol. The lowest BCUT2D eigenvalue weighted by molar-refractivity contribution is -0.671. The van der Waals surface area contributed by atoms with E-state index in [-0.39, 0.29) is 6.61 Å². The topological polar surface area (TPSA) is 55.3 Å². The maximum absolute atomic E-state index is 8.76. The summed E-state index contributed by atoms with van der Waals surface area (Å²) in [5, 5.41) is 11.0. The van der Waals surface area contributed by atoms with Crippen LogP contribution in [0.3, 0.4) is 0 Å². The second-order valence-corrected chi connectivity index (χ2v) is 4.49. The van der Waals surface area contributed by atoms with Gasteiger partial charge in [0.2, 0.25) is 0 Å². The van der Waals surface area contributed by atoms with Crippen LogP contribution >= 0.6 is 0 Å². The van der Waals surface area contributed by atoms with E-state index >= 15 is 0 Å². The molecule has 0 aliphatic heterocycles. The van der Waals surface area contributed by atoms with Crippen molar-refractivity contribution in [1.29, 1.82) is 0 Å². The van der Waals surface area contributed by atoms with E-state index in [1.165, 1.54) is 0 Å². The van der Waals surface area contributed by atoms with Gasteiger partial charge >= 0.3 is 0 Å². The van der Waals surface area contributed by atoms with E-state index < -0.39 is 0 Å². The normalized spacial score (nSPS) is 10.3. The molecule has 1 aromatic carbocycles. The van der Waals surface area contributed by atoms with Crippen molar-refractivity contribution < 1.29 is 19.9 Å². The predicted octanol–water partition coefficient (Wildman–Crippen LogP) is 1.49. The maximum Gasteiger partial charge on any atom is 0.170 e. The smallest absolute Gasteiger partial charge is 0.170 e. The summed E-state index contributed by atoms with van der Waals surface area (Å²) in [6.07, 6.45) is 3.61. The molecule has 0 aliphatic carbocycles. The van der Waals surface area contributed by atoms with E-state index in [9.17, 15) is 0 Å². The van der Waals surface area contributed by atoms with Gasteiger partial charge in [0.25, 0.3) is 0 Å². The number of hydrogen-bond acceptors (Lipinski definition) is 3. The van der Waals surface area contributed by atoms with Crippen molar-refractivity contribution in [2.75, 3.05) is 26.4 Å². The Morgan fingerprint density at radius 1 is 1.30 bits per heavy atom. The van der Waals surface area contributed by atoms with E-state index in [0.29, 0.717) is 13.2 Å². The first kappa shape index (κ1) is 16.5. The summed E-state index contributed by atoms with van der Waals surface area (Å²) in [4.78, 5) is 0. The fraction of sp³-hybridized carbons (Fsp3) is 0.500. The lowest BCUT2D eigenvalue weighted by Crippen LogP contribution is -2.82. The molecule has 20 heavy (non-hydrogen) atoms. The average Bonchev–Trinajstić information content (AvgIpc) is 2.46. The SMILES string of the molecule is C=CCOc1c(C[NH2+]CCCCO)cccc1OCC. The molecule has 0 spiro atoms. The number of ether oxygens (including phenoxy) is 2. The third-order valence-corrected chi connectivity index (χ3v) is 2.89. The number of nitrogens with two attached hydrogens (primary N) is 1. The minimum Gasteiger partial charge on any atom is -0.490 e. The van der Waals surface area contributed by atoms with Gasteiger partial charge in [0.15, 0.2) is 11.5 Å². The minimum absolute atomic E-state index is 0.265. The number of para-hydroxylation sites is 1. The van der Waals surface area contributed by atoms with E-state index in [0.717, 1.165) is 43.0 Å². The summed E-state index contributed by atoms with van der Waals surface area (Å²) in [5.41, 5.74) is 1.13. The molecule has 1 aromatic rings. The van der Waals surface area contributed by atoms with Crippen molar-refractivity contribution in [3.63, 3.8) is 0 Å². The van der Waals surface area contributed by atoms with Crippen molar-refractivity contribution in [2.24, 2.45) is 0 Å². The molecule has 0 saturated heterocycles. The zero-order chi connectivity index (χ0) is 14.6. The van der Waals surface area contributed by atoms with Crippen molar-refractivity contribution in [2.45, 2.75) is 26.3 Å².